The number of benzene rings is 3. The van der Waals surface area contributed by atoms with Gasteiger partial charge >= 0.3 is 0 Å². The largest absolute Gasteiger partial charge is 0.352 e. The standard InChI is InChI=1S/C28H30Cl2N2O2/c1-20(2)31-28(34)26(18-21-9-4-3-5-10-21)32(19-22-11-8-13-24(29)17-22)27(33)16-15-23-12-6-7-14-25(23)30/h3-14,17,20,26H,15-16,18-19H2,1-2H3,(H,31,34). The summed E-state index contributed by atoms with van der Waals surface area (Å²) >= 11 is 12.5. The van der Waals surface area contributed by atoms with Gasteiger partial charge in [0, 0.05) is 35.5 Å². The summed E-state index contributed by atoms with van der Waals surface area (Å²) in [6.45, 7) is 4.11. The average molecular weight is 497 g/mol. The van der Waals surface area contributed by atoms with Crippen LogP contribution in [-0.4, -0.2) is 28.8 Å². The molecule has 0 radical (unpaired) electrons. The predicted octanol–water partition coefficient (Wildman–Crippen LogP) is 6.09. The Morgan fingerprint density at radius 2 is 1.56 bits per heavy atom. The van der Waals surface area contributed by atoms with Gasteiger partial charge in [-0.05, 0) is 55.2 Å². The molecule has 0 aliphatic carbocycles. The lowest BCUT2D eigenvalue weighted by atomic mass is 10.0. The monoisotopic (exact) mass is 496 g/mol. The molecule has 0 fully saturated rings. The molecule has 1 unspecified atom stereocenters. The van der Waals surface area contributed by atoms with E-state index in [4.69, 9.17) is 23.2 Å². The molecule has 0 aliphatic heterocycles. The molecule has 178 valence electrons. The van der Waals surface area contributed by atoms with Crippen molar-refractivity contribution in [3.05, 3.63) is 106 Å². The molecule has 3 aromatic rings. The number of halogens is 2. The summed E-state index contributed by atoms with van der Waals surface area (Å²) in [7, 11) is 0. The zero-order valence-electron chi connectivity index (χ0n) is 19.5. The van der Waals surface area contributed by atoms with E-state index in [1.807, 2.05) is 86.6 Å². The number of amides is 2. The molecule has 34 heavy (non-hydrogen) atoms. The van der Waals surface area contributed by atoms with Crippen LogP contribution in [0.15, 0.2) is 78.9 Å². The van der Waals surface area contributed by atoms with Gasteiger partial charge in [-0.1, -0.05) is 83.9 Å². The SMILES string of the molecule is CC(C)NC(=O)C(Cc1ccccc1)N(Cc1cccc(Cl)c1)C(=O)CCc1ccccc1Cl. The summed E-state index contributed by atoms with van der Waals surface area (Å²) in [6, 6.07) is 24.0. The molecule has 0 aliphatic rings. The van der Waals surface area contributed by atoms with Crippen LogP contribution in [0.1, 0.15) is 37.0 Å². The zero-order valence-corrected chi connectivity index (χ0v) is 21.0. The Morgan fingerprint density at radius 1 is 0.882 bits per heavy atom. The highest BCUT2D eigenvalue weighted by atomic mass is 35.5. The van der Waals surface area contributed by atoms with Crippen LogP contribution in [0.4, 0.5) is 0 Å². The van der Waals surface area contributed by atoms with Crippen molar-refractivity contribution in [2.75, 3.05) is 0 Å². The average Bonchev–Trinajstić information content (AvgIpc) is 2.81. The van der Waals surface area contributed by atoms with Crippen LogP contribution in [0.25, 0.3) is 0 Å². The Balaban J connectivity index is 1.92. The minimum Gasteiger partial charge on any atom is -0.352 e. The molecule has 0 saturated heterocycles. The molecule has 1 atom stereocenters. The minimum absolute atomic E-state index is 0.0444. The van der Waals surface area contributed by atoms with Crippen molar-refractivity contribution < 1.29 is 9.59 Å². The van der Waals surface area contributed by atoms with Crippen LogP contribution in [0.5, 0.6) is 0 Å². The quantitative estimate of drug-likeness (QED) is 0.369. The fraction of sp³-hybridized carbons (Fsp3) is 0.286. The van der Waals surface area contributed by atoms with E-state index in [1.165, 1.54) is 0 Å². The van der Waals surface area contributed by atoms with E-state index in [2.05, 4.69) is 5.32 Å². The van der Waals surface area contributed by atoms with E-state index in [0.717, 1.165) is 16.7 Å². The molecule has 6 heteroatoms. The second kappa shape index (κ2) is 12.6. The summed E-state index contributed by atoms with van der Waals surface area (Å²) in [5.41, 5.74) is 2.77. The van der Waals surface area contributed by atoms with Gasteiger partial charge in [-0.3, -0.25) is 9.59 Å². The summed E-state index contributed by atoms with van der Waals surface area (Å²) in [5, 5.41) is 4.22. The summed E-state index contributed by atoms with van der Waals surface area (Å²) < 4.78 is 0. The molecule has 1 N–H and O–H groups in total. The second-order valence-electron chi connectivity index (χ2n) is 8.61. The van der Waals surface area contributed by atoms with Gasteiger partial charge in [0.15, 0.2) is 0 Å². The highest BCUT2D eigenvalue weighted by Crippen LogP contribution is 2.21. The first kappa shape index (κ1) is 25.8. The fourth-order valence-corrected chi connectivity index (χ4v) is 4.30. The van der Waals surface area contributed by atoms with Gasteiger partial charge in [-0.15, -0.1) is 0 Å². The van der Waals surface area contributed by atoms with E-state index in [0.29, 0.717) is 22.9 Å². The second-order valence-corrected chi connectivity index (χ2v) is 9.46. The molecule has 0 aromatic heterocycles. The van der Waals surface area contributed by atoms with Gasteiger partial charge in [0.1, 0.15) is 6.04 Å². The number of carbonyl (C=O) groups excluding carboxylic acids is 2. The Kier molecular flexibility index (Phi) is 9.55. The maximum atomic E-state index is 13.6. The molecule has 0 saturated carbocycles. The van der Waals surface area contributed by atoms with Crippen molar-refractivity contribution in [3.8, 4) is 0 Å². The lowest BCUT2D eigenvalue weighted by Crippen LogP contribution is -2.51. The van der Waals surface area contributed by atoms with Crippen molar-refractivity contribution in [3.63, 3.8) is 0 Å². The maximum absolute atomic E-state index is 13.6. The van der Waals surface area contributed by atoms with Gasteiger partial charge in [-0.25, -0.2) is 0 Å². The smallest absolute Gasteiger partial charge is 0.243 e. The predicted molar refractivity (Wildman–Crippen MR) is 139 cm³/mol. The van der Waals surface area contributed by atoms with Crippen molar-refractivity contribution in [2.24, 2.45) is 0 Å². The summed E-state index contributed by atoms with van der Waals surface area (Å²) in [4.78, 5) is 28.6. The Bertz CT molecular complexity index is 1100. The lowest BCUT2D eigenvalue weighted by Gasteiger charge is -2.32. The first-order valence-electron chi connectivity index (χ1n) is 11.4. The normalized spacial score (nSPS) is 11.8. The third-order valence-electron chi connectivity index (χ3n) is 5.51. The third-order valence-corrected chi connectivity index (χ3v) is 6.11. The lowest BCUT2D eigenvalue weighted by molar-refractivity contribution is -0.141. The molecular formula is C28H30Cl2N2O2. The number of carbonyl (C=O) groups is 2. The molecule has 4 nitrogen and oxygen atoms in total. The van der Waals surface area contributed by atoms with E-state index < -0.39 is 6.04 Å². The summed E-state index contributed by atoms with van der Waals surface area (Å²) in [5.74, 6) is -0.285. The Labute approximate surface area is 211 Å². The van der Waals surface area contributed by atoms with E-state index >= 15 is 0 Å². The first-order chi connectivity index (χ1) is 16.3. The van der Waals surface area contributed by atoms with Gasteiger partial charge in [-0.2, -0.15) is 0 Å². The highest BCUT2D eigenvalue weighted by molar-refractivity contribution is 6.31. The Hall–Kier alpha value is -2.82. The van der Waals surface area contributed by atoms with Crippen molar-refractivity contribution >= 4 is 35.0 Å². The van der Waals surface area contributed by atoms with Crippen molar-refractivity contribution in [2.45, 2.75) is 51.7 Å². The first-order valence-corrected chi connectivity index (χ1v) is 12.2. The van der Waals surface area contributed by atoms with Crippen LogP contribution in [-0.2, 0) is 29.0 Å². The van der Waals surface area contributed by atoms with Crippen LogP contribution >= 0.6 is 23.2 Å². The number of hydrogen-bond donors (Lipinski definition) is 1. The van der Waals surface area contributed by atoms with E-state index in [1.54, 1.807) is 11.0 Å². The van der Waals surface area contributed by atoms with E-state index in [9.17, 15) is 9.59 Å². The number of aryl methyl sites for hydroxylation is 1. The van der Waals surface area contributed by atoms with Crippen LogP contribution in [0, 0.1) is 0 Å². The number of rotatable bonds is 10. The number of nitrogens with one attached hydrogen (secondary N) is 1. The van der Waals surface area contributed by atoms with Crippen LogP contribution in [0.2, 0.25) is 10.0 Å². The topological polar surface area (TPSA) is 49.4 Å². The van der Waals surface area contributed by atoms with Crippen molar-refractivity contribution in [1.82, 2.24) is 10.2 Å². The molecule has 3 aromatic carbocycles. The van der Waals surface area contributed by atoms with Gasteiger partial charge in [0.2, 0.25) is 11.8 Å². The molecule has 3 rings (SSSR count). The number of hydrogen-bond acceptors (Lipinski definition) is 2. The molecule has 0 heterocycles. The Morgan fingerprint density at radius 3 is 2.24 bits per heavy atom. The zero-order chi connectivity index (χ0) is 24.5. The van der Waals surface area contributed by atoms with Crippen LogP contribution < -0.4 is 5.32 Å². The number of nitrogens with zero attached hydrogens (tertiary/aromatic N) is 1. The highest BCUT2D eigenvalue weighted by Gasteiger charge is 2.30. The summed E-state index contributed by atoms with van der Waals surface area (Å²) in [6.07, 6.45) is 1.15. The molecule has 0 bridgehead atoms. The molecular weight excluding hydrogens is 467 g/mol. The van der Waals surface area contributed by atoms with Gasteiger partial charge < -0.3 is 10.2 Å². The molecule has 0 spiro atoms. The van der Waals surface area contributed by atoms with Crippen molar-refractivity contribution in [1.29, 1.82) is 0 Å². The fourth-order valence-electron chi connectivity index (χ4n) is 3.85. The maximum Gasteiger partial charge on any atom is 0.243 e. The van der Waals surface area contributed by atoms with Gasteiger partial charge in [0.05, 0.1) is 0 Å². The van der Waals surface area contributed by atoms with E-state index in [-0.39, 0.29) is 30.8 Å². The minimum atomic E-state index is -0.664. The van der Waals surface area contributed by atoms with Gasteiger partial charge in [0.25, 0.3) is 0 Å². The third kappa shape index (κ3) is 7.61. The van der Waals surface area contributed by atoms with Crippen LogP contribution in [0.3, 0.4) is 0 Å². The molecule has 2 amide bonds.